The molecule has 4 nitrogen and oxygen atoms in total. The number of hydrogen-bond donors (Lipinski definition) is 2. The summed E-state index contributed by atoms with van der Waals surface area (Å²) in [4.78, 5) is 6.05. The lowest BCUT2D eigenvalue weighted by molar-refractivity contribution is 0.377. The molecule has 0 saturated carbocycles. The fourth-order valence-electron chi connectivity index (χ4n) is 0.398. The van der Waals surface area contributed by atoms with Crippen LogP contribution in [0.5, 0.6) is 11.9 Å². The zero-order valence-corrected chi connectivity index (χ0v) is 4.38. The minimum atomic E-state index is 0.0156. The highest BCUT2D eigenvalue weighted by Crippen LogP contribution is 2.07. The molecular weight excluding hydrogens is 108 g/mol. The van der Waals surface area contributed by atoms with Crippen LogP contribution in [0, 0.1) is 0 Å². The van der Waals surface area contributed by atoms with Gasteiger partial charge in [0.2, 0.25) is 5.88 Å². The van der Waals surface area contributed by atoms with Gasteiger partial charge in [-0.05, 0) is 0 Å². The molecule has 0 radical (unpaired) electrons. The number of imidazole rings is 1. The minimum absolute atomic E-state index is 0.0156. The maximum absolute atomic E-state index is 8.59. The number of H-pyrrole nitrogens is 1. The van der Waals surface area contributed by atoms with Crippen LogP contribution in [0.3, 0.4) is 0 Å². The summed E-state index contributed by atoms with van der Waals surface area (Å²) < 4.78 is 4.61. The first kappa shape index (κ1) is 4.96. The molecule has 1 aromatic heterocycles. The Morgan fingerprint density at radius 3 is 2.88 bits per heavy atom. The molecule has 0 unspecified atom stereocenters. The van der Waals surface area contributed by atoms with Gasteiger partial charge < -0.3 is 9.84 Å². The minimum Gasteiger partial charge on any atom is -0.493 e. The van der Waals surface area contributed by atoms with Crippen molar-refractivity contribution >= 4 is 0 Å². The van der Waals surface area contributed by atoms with Gasteiger partial charge in [-0.15, -0.1) is 0 Å². The molecule has 0 aromatic carbocycles. The van der Waals surface area contributed by atoms with Gasteiger partial charge in [-0.25, -0.2) is 0 Å². The van der Waals surface area contributed by atoms with E-state index in [2.05, 4.69) is 14.7 Å². The molecule has 1 aromatic rings. The van der Waals surface area contributed by atoms with Crippen molar-refractivity contribution in [2.75, 3.05) is 7.11 Å². The van der Waals surface area contributed by atoms with E-state index in [1.807, 2.05) is 0 Å². The van der Waals surface area contributed by atoms with Crippen LogP contribution >= 0.6 is 0 Å². The summed E-state index contributed by atoms with van der Waals surface area (Å²) in [5.41, 5.74) is 0. The lowest BCUT2D eigenvalue weighted by Gasteiger charge is -1.86. The van der Waals surface area contributed by atoms with E-state index in [9.17, 15) is 0 Å². The molecule has 0 spiro atoms. The SMILES string of the molecule is COc1ncc(O)[nH]1. The van der Waals surface area contributed by atoms with Gasteiger partial charge in [-0.3, -0.25) is 4.98 Å². The fraction of sp³-hybridized carbons (Fsp3) is 0.250. The maximum Gasteiger partial charge on any atom is 0.296 e. The van der Waals surface area contributed by atoms with Gasteiger partial charge in [-0.2, -0.15) is 4.98 Å². The molecule has 0 aliphatic rings. The van der Waals surface area contributed by atoms with Crippen LogP contribution in [-0.4, -0.2) is 22.2 Å². The molecule has 0 aliphatic heterocycles. The summed E-state index contributed by atoms with van der Waals surface area (Å²) in [5.74, 6) is 0.0156. The van der Waals surface area contributed by atoms with E-state index in [1.54, 1.807) is 0 Å². The Hall–Kier alpha value is -1.19. The third-order valence-electron chi connectivity index (χ3n) is 0.732. The molecule has 0 fully saturated rings. The quantitative estimate of drug-likeness (QED) is 0.545. The van der Waals surface area contributed by atoms with Gasteiger partial charge in [-0.1, -0.05) is 0 Å². The lowest BCUT2D eigenvalue weighted by atomic mass is 10.9. The van der Waals surface area contributed by atoms with Crippen molar-refractivity contribution in [3.05, 3.63) is 6.20 Å². The van der Waals surface area contributed by atoms with Crippen molar-refractivity contribution in [1.29, 1.82) is 0 Å². The molecule has 1 rings (SSSR count). The van der Waals surface area contributed by atoms with Gasteiger partial charge in [0.15, 0.2) is 0 Å². The molecule has 0 aliphatic carbocycles. The predicted molar refractivity (Wildman–Crippen MR) is 26.8 cm³/mol. The Morgan fingerprint density at radius 2 is 2.62 bits per heavy atom. The van der Waals surface area contributed by atoms with Crippen molar-refractivity contribution in [3.63, 3.8) is 0 Å². The number of nitrogens with one attached hydrogen (secondary N) is 1. The molecule has 8 heavy (non-hydrogen) atoms. The summed E-state index contributed by atoms with van der Waals surface area (Å²) in [6.07, 6.45) is 1.28. The van der Waals surface area contributed by atoms with Gasteiger partial charge in [0.05, 0.1) is 13.3 Å². The second kappa shape index (κ2) is 1.73. The van der Waals surface area contributed by atoms with Gasteiger partial charge in [0.25, 0.3) is 6.01 Å². The van der Waals surface area contributed by atoms with Gasteiger partial charge in [0, 0.05) is 0 Å². The van der Waals surface area contributed by atoms with E-state index in [0.717, 1.165) is 0 Å². The molecule has 4 heteroatoms. The predicted octanol–water partition coefficient (Wildman–Crippen LogP) is 0.124. The number of methoxy groups -OCH3 is 1. The zero-order chi connectivity index (χ0) is 5.98. The van der Waals surface area contributed by atoms with Crippen LogP contribution in [0.25, 0.3) is 0 Å². The molecule has 0 amide bonds. The van der Waals surface area contributed by atoms with Crippen LogP contribution < -0.4 is 4.74 Å². The Labute approximate surface area is 46.1 Å². The van der Waals surface area contributed by atoms with Crippen molar-refractivity contribution in [1.82, 2.24) is 9.97 Å². The van der Waals surface area contributed by atoms with E-state index in [0.29, 0.717) is 6.01 Å². The Balaban J connectivity index is 2.84. The van der Waals surface area contributed by atoms with E-state index in [4.69, 9.17) is 5.11 Å². The number of aromatic nitrogens is 2. The second-order valence-corrected chi connectivity index (χ2v) is 1.28. The van der Waals surface area contributed by atoms with Crippen molar-refractivity contribution < 1.29 is 9.84 Å². The Morgan fingerprint density at radius 1 is 1.88 bits per heavy atom. The average Bonchev–Trinajstić information content (AvgIpc) is 2.14. The van der Waals surface area contributed by atoms with Crippen molar-refractivity contribution in [2.24, 2.45) is 0 Å². The molecule has 1 heterocycles. The average molecular weight is 114 g/mol. The number of nitrogens with zero attached hydrogens (tertiary/aromatic N) is 1. The second-order valence-electron chi connectivity index (χ2n) is 1.28. The highest BCUT2D eigenvalue weighted by molar-refractivity contribution is 5.07. The fourth-order valence-corrected chi connectivity index (χ4v) is 0.398. The number of hydrogen-bond acceptors (Lipinski definition) is 3. The molecule has 0 atom stereocenters. The summed E-state index contributed by atoms with van der Waals surface area (Å²) in [5, 5.41) is 8.59. The van der Waals surface area contributed by atoms with Gasteiger partial charge >= 0.3 is 0 Å². The normalized spacial score (nSPS) is 9.12. The number of aromatic hydroxyl groups is 1. The van der Waals surface area contributed by atoms with Crippen LogP contribution in [0.4, 0.5) is 0 Å². The molecular formula is C4H6N2O2. The number of rotatable bonds is 1. The zero-order valence-electron chi connectivity index (χ0n) is 4.38. The summed E-state index contributed by atoms with van der Waals surface area (Å²) in [6, 6.07) is 0.322. The van der Waals surface area contributed by atoms with Crippen molar-refractivity contribution in [3.8, 4) is 11.9 Å². The van der Waals surface area contributed by atoms with Crippen molar-refractivity contribution in [2.45, 2.75) is 0 Å². The van der Waals surface area contributed by atoms with E-state index in [1.165, 1.54) is 13.3 Å². The lowest BCUT2D eigenvalue weighted by Crippen LogP contribution is -1.82. The number of ether oxygens (including phenoxy) is 1. The standard InChI is InChI=1S/C4H6N2O2/c1-8-4-5-2-3(7)6-4/h2,7H,1H3,(H,5,6). The Kier molecular flexibility index (Phi) is 1.07. The first-order valence-electron chi connectivity index (χ1n) is 2.11. The third-order valence-corrected chi connectivity index (χ3v) is 0.732. The van der Waals surface area contributed by atoms with Crippen LogP contribution in [0.15, 0.2) is 6.20 Å². The summed E-state index contributed by atoms with van der Waals surface area (Å²) >= 11 is 0. The molecule has 0 bridgehead atoms. The smallest absolute Gasteiger partial charge is 0.296 e. The highest BCUT2D eigenvalue weighted by atomic mass is 16.5. The van der Waals surface area contributed by atoms with E-state index < -0.39 is 0 Å². The maximum atomic E-state index is 8.59. The largest absolute Gasteiger partial charge is 0.493 e. The monoisotopic (exact) mass is 114 g/mol. The van der Waals surface area contributed by atoms with E-state index in [-0.39, 0.29) is 5.88 Å². The van der Waals surface area contributed by atoms with E-state index >= 15 is 0 Å². The summed E-state index contributed by atoms with van der Waals surface area (Å²) in [7, 11) is 1.47. The highest BCUT2D eigenvalue weighted by Gasteiger charge is 1.93. The first-order chi connectivity index (χ1) is 3.83. The van der Waals surface area contributed by atoms with Crippen LogP contribution in [-0.2, 0) is 0 Å². The van der Waals surface area contributed by atoms with Gasteiger partial charge in [0.1, 0.15) is 0 Å². The third kappa shape index (κ3) is 0.726. The first-order valence-corrected chi connectivity index (χ1v) is 2.11. The number of aromatic amines is 1. The summed E-state index contributed by atoms with van der Waals surface area (Å²) in [6.45, 7) is 0. The molecule has 0 saturated heterocycles. The molecule has 44 valence electrons. The molecule has 2 N–H and O–H groups in total. The topological polar surface area (TPSA) is 58.1 Å². The van der Waals surface area contributed by atoms with Crippen LogP contribution in [0.1, 0.15) is 0 Å². The Bertz CT molecular complexity index is 172. The van der Waals surface area contributed by atoms with Crippen LogP contribution in [0.2, 0.25) is 0 Å².